The molecule has 3 saturated heterocycles. The Labute approximate surface area is 189 Å². The number of piperazine rings is 1. The van der Waals surface area contributed by atoms with Crippen LogP contribution in [0.5, 0.6) is 0 Å². The minimum atomic E-state index is -0.341. The smallest absolute Gasteiger partial charge is 0.324 e. The van der Waals surface area contributed by atoms with Gasteiger partial charge >= 0.3 is 6.03 Å². The van der Waals surface area contributed by atoms with Crippen LogP contribution in [0.3, 0.4) is 0 Å². The normalized spacial score (nSPS) is 21.9. The van der Waals surface area contributed by atoms with Gasteiger partial charge in [-0.25, -0.2) is 4.79 Å². The number of guanidine groups is 1. The van der Waals surface area contributed by atoms with E-state index >= 15 is 0 Å². The SMILES string of the molecule is CN=C(NCCN1C(=O)CNC1=O)N1CCN(C(C)C(=O)N2CCCC2)CC1.I. The summed E-state index contributed by atoms with van der Waals surface area (Å²) in [5, 5.41) is 5.74. The van der Waals surface area contributed by atoms with Gasteiger partial charge in [-0.2, -0.15) is 0 Å². The van der Waals surface area contributed by atoms with Gasteiger partial charge in [0, 0.05) is 59.4 Å². The monoisotopic (exact) mass is 521 g/mol. The molecule has 3 rings (SSSR count). The van der Waals surface area contributed by atoms with E-state index in [2.05, 4.69) is 25.4 Å². The number of nitrogens with one attached hydrogen (secondary N) is 2. The molecule has 29 heavy (non-hydrogen) atoms. The number of likely N-dealkylation sites (tertiary alicyclic amines) is 1. The molecule has 0 saturated carbocycles. The molecule has 3 aliphatic rings. The molecule has 0 radical (unpaired) electrons. The average Bonchev–Trinajstić information content (AvgIpc) is 3.36. The van der Waals surface area contributed by atoms with Gasteiger partial charge in [-0.05, 0) is 19.8 Å². The maximum Gasteiger partial charge on any atom is 0.324 e. The summed E-state index contributed by atoms with van der Waals surface area (Å²) in [5.41, 5.74) is 0. The first-order valence-corrected chi connectivity index (χ1v) is 10.1. The lowest BCUT2D eigenvalue weighted by molar-refractivity contribution is -0.135. The zero-order valence-corrected chi connectivity index (χ0v) is 19.6. The minimum absolute atomic E-state index is 0. The molecule has 11 heteroatoms. The van der Waals surface area contributed by atoms with Gasteiger partial charge in [-0.1, -0.05) is 0 Å². The summed E-state index contributed by atoms with van der Waals surface area (Å²) in [5.74, 6) is 0.791. The number of carbonyl (C=O) groups is 3. The van der Waals surface area contributed by atoms with Crippen LogP contribution in [-0.4, -0.2) is 115 Å². The van der Waals surface area contributed by atoms with E-state index in [4.69, 9.17) is 0 Å². The van der Waals surface area contributed by atoms with Crippen LogP contribution in [0.25, 0.3) is 0 Å². The van der Waals surface area contributed by atoms with Crippen LogP contribution in [0.2, 0.25) is 0 Å². The number of hydrogen-bond donors (Lipinski definition) is 2. The van der Waals surface area contributed by atoms with Gasteiger partial charge in [0.25, 0.3) is 0 Å². The highest BCUT2D eigenvalue weighted by Crippen LogP contribution is 2.14. The molecule has 0 bridgehead atoms. The lowest BCUT2D eigenvalue weighted by Crippen LogP contribution is -2.57. The average molecular weight is 521 g/mol. The molecule has 0 aliphatic carbocycles. The van der Waals surface area contributed by atoms with E-state index < -0.39 is 0 Å². The van der Waals surface area contributed by atoms with Crippen molar-refractivity contribution in [1.82, 2.24) is 30.2 Å². The highest BCUT2D eigenvalue weighted by Gasteiger charge is 2.31. The Morgan fingerprint density at radius 2 is 1.76 bits per heavy atom. The predicted molar refractivity (Wildman–Crippen MR) is 120 cm³/mol. The Kier molecular flexibility index (Phi) is 8.93. The van der Waals surface area contributed by atoms with E-state index in [0.29, 0.717) is 13.1 Å². The van der Waals surface area contributed by atoms with Crippen molar-refractivity contribution >= 4 is 47.8 Å². The summed E-state index contributed by atoms with van der Waals surface area (Å²) in [7, 11) is 1.72. The first-order valence-electron chi connectivity index (χ1n) is 10.1. The van der Waals surface area contributed by atoms with Gasteiger partial charge < -0.3 is 20.4 Å². The summed E-state index contributed by atoms with van der Waals surface area (Å²) in [4.78, 5) is 47.7. The van der Waals surface area contributed by atoms with Crippen LogP contribution in [0, 0.1) is 0 Å². The number of nitrogens with zero attached hydrogens (tertiary/aromatic N) is 5. The molecule has 0 aromatic rings. The van der Waals surface area contributed by atoms with Crippen LogP contribution in [-0.2, 0) is 9.59 Å². The number of rotatable bonds is 5. The van der Waals surface area contributed by atoms with Crippen LogP contribution in [0.4, 0.5) is 4.79 Å². The third-order valence-electron chi connectivity index (χ3n) is 5.70. The van der Waals surface area contributed by atoms with E-state index in [-0.39, 0.29) is 54.4 Å². The van der Waals surface area contributed by atoms with E-state index in [1.54, 1.807) is 7.05 Å². The molecule has 3 aliphatic heterocycles. The molecule has 4 amide bonds. The minimum Gasteiger partial charge on any atom is -0.354 e. The van der Waals surface area contributed by atoms with Crippen LogP contribution < -0.4 is 10.6 Å². The van der Waals surface area contributed by atoms with Crippen molar-refractivity contribution < 1.29 is 14.4 Å². The van der Waals surface area contributed by atoms with E-state index in [1.165, 1.54) is 4.90 Å². The van der Waals surface area contributed by atoms with Gasteiger partial charge in [0.05, 0.1) is 12.6 Å². The molecule has 1 unspecified atom stereocenters. The molecule has 0 aromatic heterocycles. The highest BCUT2D eigenvalue weighted by molar-refractivity contribution is 14.0. The van der Waals surface area contributed by atoms with Crippen molar-refractivity contribution in [3.63, 3.8) is 0 Å². The van der Waals surface area contributed by atoms with Crippen molar-refractivity contribution in [3.8, 4) is 0 Å². The highest BCUT2D eigenvalue weighted by atomic mass is 127. The molecule has 0 aromatic carbocycles. The molecule has 10 nitrogen and oxygen atoms in total. The first-order chi connectivity index (χ1) is 13.5. The van der Waals surface area contributed by atoms with E-state index in [9.17, 15) is 14.4 Å². The van der Waals surface area contributed by atoms with Crippen molar-refractivity contribution in [2.75, 3.05) is 66.0 Å². The standard InChI is InChI=1S/C18H31N7O3.HI/c1-14(16(27)23-6-3-4-7-23)22-9-11-24(12-10-22)17(19-2)20-5-8-25-15(26)13-21-18(25)28;/h14H,3-13H2,1-2H3,(H,19,20)(H,21,28);1H. The van der Waals surface area contributed by atoms with Crippen molar-refractivity contribution in [3.05, 3.63) is 0 Å². The third-order valence-corrected chi connectivity index (χ3v) is 5.70. The van der Waals surface area contributed by atoms with Crippen LogP contribution in [0.15, 0.2) is 4.99 Å². The van der Waals surface area contributed by atoms with Crippen molar-refractivity contribution in [2.24, 2.45) is 4.99 Å². The van der Waals surface area contributed by atoms with Gasteiger partial charge in [0.2, 0.25) is 11.8 Å². The fourth-order valence-electron chi connectivity index (χ4n) is 3.97. The fraction of sp³-hybridized carbons (Fsp3) is 0.778. The molecule has 3 heterocycles. The van der Waals surface area contributed by atoms with Gasteiger partial charge in [0.1, 0.15) is 0 Å². The summed E-state index contributed by atoms with van der Waals surface area (Å²) in [6, 6.07) is -0.429. The summed E-state index contributed by atoms with van der Waals surface area (Å²) in [6.45, 7) is 7.77. The number of imide groups is 1. The Morgan fingerprint density at radius 1 is 1.10 bits per heavy atom. The van der Waals surface area contributed by atoms with Gasteiger partial charge in [-0.15, -0.1) is 24.0 Å². The zero-order chi connectivity index (χ0) is 20.1. The number of halogens is 1. The molecule has 3 fully saturated rings. The van der Waals surface area contributed by atoms with Gasteiger partial charge in [0.15, 0.2) is 5.96 Å². The Balaban J connectivity index is 0.00000300. The molecule has 2 N–H and O–H groups in total. The molecule has 0 spiro atoms. The topological polar surface area (TPSA) is 101 Å². The molecular formula is C18H32IN7O3. The maximum atomic E-state index is 12.6. The Bertz CT molecular complexity index is 615. The van der Waals surface area contributed by atoms with Gasteiger partial charge in [-0.3, -0.25) is 24.4 Å². The number of amides is 4. The first kappa shape index (κ1) is 23.6. The summed E-state index contributed by atoms with van der Waals surface area (Å²) < 4.78 is 0. The quantitative estimate of drug-likeness (QED) is 0.216. The molecule has 1 atom stereocenters. The second-order valence-electron chi connectivity index (χ2n) is 7.41. The second kappa shape index (κ2) is 11.0. The largest absolute Gasteiger partial charge is 0.354 e. The Hall–Kier alpha value is -1.63. The number of carbonyl (C=O) groups excluding carboxylic acids is 3. The van der Waals surface area contributed by atoms with Crippen LogP contribution in [0.1, 0.15) is 19.8 Å². The fourth-order valence-corrected chi connectivity index (χ4v) is 3.97. The number of urea groups is 1. The maximum absolute atomic E-state index is 12.6. The van der Waals surface area contributed by atoms with Crippen LogP contribution >= 0.6 is 24.0 Å². The lowest BCUT2D eigenvalue weighted by atomic mass is 10.2. The van der Waals surface area contributed by atoms with Crippen molar-refractivity contribution in [2.45, 2.75) is 25.8 Å². The third kappa shape index (κ3) is 5.71. The number of hydrogen-bond acceptors (Lipinski definition) is 5. The lowest BCUT2D eigenvalue weighted by Gasteiger charge is -2.39. The molecule has 164 valence electrons. The van der Waals surface area contributed by atoms with E-state index in [1.807, 2.05) is 11.8 Å². The Morgan fingerprint density at radius 3 is 2.31 bits per heavy atom. The second-order valence-corrected chi connectivity index (χ2v) is 7.41. The number of aliphatic imine (C=N–C) groups is 1. The van der Waals surface area contributed by atoms with E-state index in [0.717, 1.165) is 58.1 Å². The zero-order valence-electron chi connectivity index (χ0n) is 17.2. The van der Waals surface area contributed by atoms with Crippen molar-refractivity contribution in [1.29, 1.82) is 0 Å². The predicted octanol–water partition coefficient (Wildman–Crippen LogP) is -0.640. The summed E-state index contributed by atoms with van der Waals surface area (Å²) in [6.07, 6.45) is 2.22. The molecular weight excluding hydrogens is 489 g/mol. The summed E-state index contributed by atoms with van der Waals surface area (Å²) >= 11 is 0.